The number of anilines is 2. The number of rotatable bonds is 9. The number of carbonyl (C=O) groups excluding carboxylic acids is 1. The highest BCUT2D eigenvalue weighted by molar-refractivity contribution is 6.04. The second-order valence-corrected chi connectivity index (χ2v) is 7.27. The van der Waals surface area contributed by atoms with Crippen LogP contribution >= 0.6 is 0 Å². The summed E-state index contributed by atoms with van der Waals surface area (Å²) >= 11 is 0. The zero-order chi connectivity index (χ0) is 20.7. The van der Waals surface area contributed by atoms with E-state index >= 15 is 0 Å². The molecule has 0 aliphatic carbocycles. The molecule has 0 fully saturated rings. The van der Waals surface area contributed by atoms with Gasteiger partial charge in [-0.25, -0.2) is 4.98 Å². The van der Waals surface area contributed by atoms with E-state index in [0.717, 1.165) is 0 Å². The molecule has 0 aliphatic heterocycles. The Morgan fingerprint density at radius 2 is 1.82 bits per heavy atom. The minimum absolute atomic E-state index is 0.0214. The second kappa shape index (κ2) is 9.94. The molecule has 7 heteroatoms. The van der Waals surface area contributed by atoms with E-state index in [4.69, 9.17) is 9.47 Å². The summed E-state index contributed by atoms with van der Waals surface area (Å²) in [5.41, 5.74) is 1.08. The standard InChI is InChI=1S/C21H29N3O4/c1-13(2)12-27-18-8-16(9-19(10-18)28-14(3)4)21(26)24-20-7-6-17(11-22-20)23-15(5)25/h6-11,13-15,23,25H,12H2,1-5H3,(H,22,24,26). The highest BCUT2D eigenvalue weighted by Gasteiger charge is 2.13. The predicted octanol–water partition coefficient (Wildman–Crippen LogP) is 3.91. The maximum absolute atomic E-state index is 12.7. The third kappa shape index (κ3) is 7.08. The Kier molecular flexibility index (Phi) is 7.63. The molecule has 2 rings (SSSR count). The molecule has 0 saturated heterocycles. The van der Waals surface area contributed by atoms with Gasteiger partial charge in [-0.15, -0.1) is 0 Å². The summed E-state index contributed by atoms with van der Waals surface area (Å²) in [7, 11) is 0. The van der Waals surface area contributed by atoms with Gasteiger partial charge < -0.3 is 25.2 Å². The SMILES string of the molecule is CC(C)COc1cc(OC(C)C)cc(C(=O)Nc2ccc(NC(C)O)cn2)c1. The van der Waals surface area contributed by atoms with Crippen molar-refractivity contribution >= 4 is 17.4 Å². The van der Waals surface area contributed by atoms with Crippen LogP contribution in [0, 0.1) is 5.92 Å². The van der Waals surface area contributed by atoms with Crippen LogP contribution in [0.5, 0.6) is 11.5 Å². The van der Waals surface area contributed by atoms with Crippen molar-refractivity contribution in [2.24, 2.45) is 5.92 Å². The van der Waals surface area contributed by atoms with Gasteiger partial charge in [0.25, 0.3) is 5.91 Å². The Morgan fingerprint density at radius 1 is 1.11 bits per heavy atom. The number of benzene rings is 1. The van der Waals surface area contributed by atoms with Crippen molar-refractivity contribution in [3.8, 4) is 11.5 Å². The average molecular weight is 387 g/mol. The molecule has 0 spiro atoms. The van der Waals surface area contributed by atoms with E-state index in [9.17, 15) is 9.90 Å². The minimum Gasteiger partial charge on any atom is -0.493 e. The molecule has 1 unspecified atom stereocenters. The summed E-state index contributed by atoms with van der Waals surface area (Å²) in [6.45, 7) is 10.1. The minimum atomic E-state index is -0.685. The highest BCUT2D eigenvalue weighted by Crippen LogP contribution is 2.25. The lowest BCUT2D eigenvalue weighted by molar-refractivity contribution is 0.102. The number of nitrogens with zero attached hydrogens (tertiary/aromatic N) is 1. The molecule has 3 N–H and O–H groups in total. The number of hydrogen-bond donors (Lipinski definition) is 3. The molecule has 28 heavy (non-hydrogen) atoms. The topological polar surface area (TPSA) is 92.7 Å². The molecule has 0 radical (unpaired) electrons. The Balaban J connectivity index is 2.16. The lowest BCUT2D eigenvalue weighted by atomic mass is 10.1. The van der Waals surface area contributed by atoms with Gasteiger partial charge in [-0.05, 0) is 51.0 Å². The van der Waals surface area contributed by atoms with Gasteiger partial charge in [-0.3, -0.25) is 4.79 Å². The first kappa shape index (κ1) is 21.5. The second-order valence-electron chi connectivity index (χ2n) is 7.27. The zero-order valence-electron chi connectivity index (χ0n) is 17.0. The Morgan fingerprint density at radius 3 is 2.39 bits per heavy atom. The van der Waals surface area contributed by atoms with Gasteiger partial charge in [-0.2, -0.15) is 0 Å². The molecule has 0 bridgehead atoms. The lowest BCUT2D eigenvalue weighted by Gasteiger charge is -2.15. The molecule has 1 aromatic carbocycles. The number of aromatic nitrogens is 1. The first-order valence-electron chi connectivity index (χ1n) is 9.39. The monoisotopic (exact) mass is 387 g/mol. The first-order chi connectivity index (χ1) is 13.2. The molecular formula is C21H29N3O4. The third-order valence-corrected chi connectivity index (χ3v) is 3.48. The van der Waals surface area contributed by atoms with Crippen LogP contribution in [0.25, 0.3) is 0 Å². The van der Waals surface area contributed by atoms with Gasteiger partial charge in [-0.1, -0.05) is 13.8 Å². The number of ether oxygens (including phenoxy) is 2. The normalized spacial score (nSPS) is 12.0. The summed E-state index contributed by atoms with van der Waals surface area (Å²) in [4.78, 5) is 16.9. The van der Waals surface area contributed by atoms with E-state index in [1.165, 1.54) is 6.20 Å². The van der Waals surface area contributed by atoms with Crippen molar-refractivity contribution in [1.29, 1.82) is 0 Å². The van der Waals surface area contributed by atoms with Crippen molar-refractivity contribution in [2.75, 3.05) is 17.2 Å². The highest BCUT2D eigenvalue weighted by atomic mass is 16.5. The molecule has 2 aromatic rings. The molecule has 1 heterocycles. The van der Waals surface area contributed by atoms with Gasteiger partial charge in [0.2, 0.25) is 0 Å². The first-order valence-corrected chi connectivity index (χ1v) is 9.39. The largest absolute Gasteiger partial charge is 0.493 e. The van der Waals surface area contributed by atoms with Crippen LogP contribution in [0.1, 0.15) is 45.0 Å². The smallest absolute Gasteiger partial charge is 0.257 e. The van der Waals surface area contributed by atoms with Crippen LogP contribution < -0.4 is 20.1 Å². The van der Waals surface area contributed by atoms with E-state index in [1.807, 2.05) is 13.8 Å². The number of amides is 1. The number of nitrogens with one attached hydrogen (secondary N) is 2. The van der Waals surface area contributed by atoms with E-state index < -0.39 is 6.23 Å². The van der Waals surface area contributed by atoms with Crippen molar-refractivity contribution in [3.63, 3.8) is 0 Å². The van der Waals surface area contributed by atoms with Crippen LogP contribution in [0.2, 0.25) is 0 Å². The van der Waals surface area contributed by atoms with Crippen molar-refractivity contribution in [2.45, 2.75) is 47.0 Å². The number of aliphatic hydroxyl groups is 1. The summed E-state index contributed by atoms with van der Waals surface area (Å²) in [6, 6.07) is 8.54. The fourth-order valence-electron chi connectivity index (χ4n) is 2.37. The number of pyridine rings is 1. The van der Waals surface area contributed by atoms with Gasteiger partial charge in [0.1, 0.15) is 23.5 Å². The van der Waals surface area contributed by atoms with Crippen LogP contribution in [-0.2, 0) is 0 Å². The molecule has 7 nitrogen and oxygen atoms in total. The molecule has 1 aromatic heterocycles. The summed E-state index contributed by atoms with van der Waals surface area (Å²) in [5.74, 6) is 1.62. The molecule has 0 aliphatic rings. The van der Waals surface area contributed by atoms with E-state index in [0.29, 0.717) is 41.1 Å². The number of aliphatic hydroxyl groups excluding tert-OH is 1. The van der Waals surface area contributed by atoms with Gasteiger partial charge >= 0.3 is 0 Å². The van der Waals surface area contributed by atoms with Crippen molar-refractivity contribution in [3.05, 3.63) is 42.1 Å². The van der Waals surface area contributed by atoms with Gasteiger partial charge in [0, 0.05) is 11.6 Å². The Bertz CT molecular complexity index is 774. The van der Waals surface area contributed by atoms with Crippen molar-refractivity contribution < 1.29 is 19.4 Å². The van der Waals surface area contributed by atoms with Crippen LogP contribution in [0.15, 0.2) is 36.5 Å². The fraction of sp³-hybridized carbons (Fsp3) is 0.429. The van der Waals surface area contributed by atoms with Gasteiger partial charge in [0.15, 0.2) is 0 Å². The van der Waals surface area contributed by atoms with Crippen molar-refractivity contribution in [1.82, 2.24) is 4.98 Å². The maximum atomic E-state index is 12.7. The molecule has 1 amide bonds. The summed E-state index contributed by atoms with van der Waals surface area (Å²) in [5, 5.41) is 14.9. The zero-order valence-corrected chi connectivity index (χ0v) is 17.0. The molecular weight excluding hydrogens is 358 g/mol. The van der Waals surface area contributed by atoms with E-state index in [-0.39, 0.29) is 12.0 Å². The quantitative estimate of drug-likeness (QED) is 0.565. The molecule has 0 saturated carbocycles. The average Bonchev–Trinajstić information content (AvgIpc) is 2.60. The predicted molar refractivity (Wildman–Crippen MR) is 110 cm³/mol. The summed E-state index contributed by atoms with van der Waals surface area (Å²) in [6.07, 6.45) is 0.833. The summed E-state index contributed by atoms with van der Waals surface area (Å²) < 4.78 is 11.5. The number of hydrogen-bond acceptors (Lipinski definition) is 6. The van der Waals surface area contributed by atoms with E-state index in [2.05, 4.69) is 29.5 Å². The van der Waals surface area contributed by atoms with Crippen LogP contribution in [0.4, 0.5) is 11.5 Å². The Hall–Kier alpha value is -2.80. The lowest BCUT2D eigenvalue weighted by Crippen LogP contribution is -2.16. The van der Waals surface area contributed by atoms with Crippen LogP contribution in [-0.4, -0.2) is 34.9 Å². The van der Waals surface area contributed by atoms with Gasteiger partial charge in [0.05, 0.1) is 24.6 Å². The van der Waals surface area contributed by atoms with Crippen LogP contribution in [0.3, 0.4) is 0 Å². The third-order valence-electron chi connectivity index (χ3n) is 3.48. The fourth-order valence-corrected chi connectivity index (χ4v) is 2.37. The molecule has 152 valence electrons. The molecule has 1 atom stereocenters. The maximum Gasteiger partial charge on any atom is 0.257 e. The van der Waals surface area contributed by atoms with E-state index in [1.54, 1.807) is 37.3 Å². The Labute approximate surface area is 166 Å². The number of carbonyl (C=O) groups is 1.